The first kappa shape index (κ1) is 38.4. The molecular weight excluding hydrogens is 806 g/mol. The molecule has 8 nitrogen and oxygen atoms in total. The van der Waals surface area contributed by atoms with Crippen LogP contribution in [0, 0.1) is 59.0 Å². The summed E-state index contributed by atoms with van der Waals surface area (Å²) in [6.45, 7) is 0. The van der Waals surface area contributed by atoms with Gasteiger partial charge in [-0.15, -0.1) is 0 Å². The van der Waals surface area contributed by atoms with Gasteiger partial charge in [-0.2, -0.15) is 8.78 Å². The summed E-state index contributed by atoms with van der Waals surface area (Å²) in [5.74, 6) is -6.00. The van der Waals surface area contributed by atoms with Crippen LogP contribution in [0.15, 0.2) is 60.9 Å². The number of nitrogens with one attached hydrogen (secondary N) is 2. The molecule has 12 atom stereocenters. The Kier molecular flexibility index (Phi) is 10.1. The van der Waals surface area contributed by atoms with Gasteiger partial charge in [0, 0.05) is 46.7 Å². The van der Waals surface area contributed by atoms with Crippen LogP contribution in [-0.2, 0) is 19.1 Å². The molecule has 288 valence electrons. The molecule has 55 heavy (non-hydrogen) atoms. The molecule has 2 amide bonds. The molecule has 4 saturated heterocycles. The van der Waals surface area contributed by atoms with Crippen LogP contribution in [0.3, 0.4) is 0 Å². The molecular formula is C39H32Cl4F4N4O4. The number of hydrogen-bond donors (Lipinski definition) is 2. The number of fused-ring (bicyclic) bond motifs is 10. The van der Waals surface area contributed by atoms with Crippen LogP contribution in [0.5, 0.6) is 0 Å². The van der Waals surface area contributed by atoms with Crippen LogP contribution >= 0.6 is 46.4 Å². The van der Waals surface area contributed by atoms with Crippen molar-refractivity contribution in [3.63, 3.8) is 0 Å². The zero-order valence-electron chi connectivity index (χ0n) is 27.7. The summed E-state index contributed by atoms with van der Waals surface area (Å²) in [6.07, 6.45) is 3.22. The highest BCUT2D eigenvalue weighted by Crippen LogP contribution is 2.66. The van der Waals surface area contributed by atoms with Gasteiger partial charge in [0.25, 0.3) is 0 Å². The number of carbonyl (C=O) groups excluding carboxylic acids is 2. The average Bonchev–Trinajstić information content (AvgIpc) is 3.98. The predicted molar refractivity (Wildman–Crippen MR) is 198 cm³/mol. The Hall–Kier alpha value is -3.52. The number of pyridine rings is 2. The van der Waals surface area contributed by atoms with Gasteiger partial charge in [-0.3, -0.25) is 9.59 Å². The highest BCUT2D eigenvalue weighted by atomic mass is 35.5. The van der Waals surface area contributed by atoms with E-state index in [0.717, 1.165) is 12.8 Å². The van der Waals surface area contributed by atoms with E-state index < -0.39 is 47.2 Å². The van der Waals surface area contributed by atoms with Crippen molar-refractivity contribution in [2.75, 3.05) is 10.6 Å². The predicted octanol–water partition coefficient (Wildman–Crippen LogP) is 9.48. The van der Waals surface area contributed by atoms with E-state index >= 15 is 0 Å². The van der Waals surface area contributed by atoms with Gasteiger partial charge in [0.15, 0.2) is 11.6 Å². The highest BCUT2D eigenvalue weighted by Gasteiger charge is 2.70. The molecule has 4 aromatic rings. The van der Waals surface area contributed by atoms with Crippen molar-refractivity contribution in [1.82, 2.24) is 9.97 Å². The molecule has 6 fully saturated rings. The second-order valence-corrected chi connectivity index (χ2v) is 16.2. The minimum Gasteiger partial charge on any atom is -0.373 e. The van der Waals surface area contributed by atoms with Crippen LogP contribution in [0.2, 0.25) is 20.1 Å². The van der Waals surface area contributed by atoms with E-state index in [1.165, 1.54) is 24.5 Å². The lowest BCUT2D eigenvalue weighted by molar-refractivity contribution is -0.122. The van der Waals surface area contributed by atoms with Gasteiger partial charge in [0.1, 0.15) is 0 Å². The number of aromatic nitrogens is 2. The van der Waals surface area contributed by atoms with Crippen molar-refractivity contribution in [3.05, 3.63) is 116 Å². The lowest BCUT2D eigenvalue weighted by atomic mass is 9.75. The molecule has 6 aliphatic rings. The number of rotatable bonds is 6. The minimum absolute atomic E-state index is 0. The summed E-state index contributed by atoms with van der Waals surface area (Å²) in [6, 6.07) is 12.4. The van der Waals surface area contributed by atoms with Crippen LogP contribution < -0.4 is 10.6 Å². The van der Waals surface area contributed by atoms with Gasteiger partial charge in [0.05, 0.1) is 56.3 Å². The fourth-order valence-electron chi connectivity index (χ4n) is 9.31. The Balaban J connectivity index is 0.000000153. The second kappa shape index (κ2) is 14.5. The molecule has 0 unspecified atom stereocenters. The Labute approximate surface area is 333 Å². The quantitative estimate of drug-likeness (QED) is 0.148. The third-order valence-corrected chi connectivity index (χ3v) is 13.2. The van der Waals surface area contributed by atoms with E-state index in [1.807, 2.05) is 0 Å². The maximum absolute atomic E-state index is 14.4. The van der Waals surface area contributed by atoms with E-state index in [4.69, 9.17) is 55.9 Å². The fourth-order valence-corrected chi connectivity index (χ4v) is 9.91. The molecule has 16 heteroatoms. The van der Waals surface area contributed by atoms with E-state index in [1.54, 1.807) is 36.4 Å². The summed E-state index contributed by atoms with van der Waals surface area (Å²) < 4.78 is 68.2. The number of ether oxygens (including phenoxy) is 2. The van der Waals surface area contributed by atoms with Crippen molar-refractivity contribution in [1.29, 1.82) is 0 Å². The zero-order valence-corrected chi connectivity index (χ0v) is 30.7. The molecule has 2 N–H and O–H groups in total. The molecule has 2 saturated carbocycles. The standard InChI is InChI=1S/2C19H14Cl2F2N2O2.CH4/c2*20-11-2-1-7(5-12(11)21)25-19(26)14-13(8-3-4-24-18(23)15(8)22)16-9-6-10(9)17(14)27-16;/h2*1-5,9-10,13-14,16-17H,6H2,(H,25,26);1H4/t2*9-,10+,13+,14-,16-,17+;/m10./s1. The minimum atomic E-state index is -1.16. The first-order chi connectivity index (χ1) is 25.9. The zero-order chi connectivity index (χ0) is 37.7. The Morgan fingerprint density at radius 3 is 1.35 bits per heavy atom. The third kappa shape index (κ3) is 6.56. The monoisotopic (exact) mass is 836 g/mol. The number of amides is 2. The Bertz CT molecular complexity index is 2070. The third-order valence-electron chi connectivity index (χ3n) is 11.7. The molecule has 0 spiro atoms. The fraction of sp³-hybridized carbons (Fsp3) is 0.385. The van der Waals surface area contributed by atoms with Gasteiger partial charge in [-0.25, -0.2) is 18.7 Å². The number of halogens is 8. The second-order valence-electron chi connectivity index (χ2n) is 14.6. The van der Waals surface area contributed by atoms with E-state index in [9.17, 15) is 27.2 Å². The first-order valence-electron chi connectivity index (χ1n) is 17.3. The number of carbonyl (C=O) groups is 2. The molecule has 0 radical (unpaired) electrons. The van der Waals surface area contributed by atoms with Crippen LogP contribution in [0.1, 0.15) is 43.2 Å². The Morgan fingerprint density at radius 1 is 0.582 bits per heavy atom. The molecule has 4 aliphatic heterocycles. The van der Waals surface area contributed by atoms with E-state index in [-0.39, 0.29) is 54.8 Å². The summed E-state index contributed by atoms with van der Waals surface area (Å²) >= 11 is 23.8. The van der Waals surface area contributed by atoms with Crippen molar-refractivity contribution in [2.45, 2.75) is 56.5 Å². The maximum Gasteiger partial charge on any atom is 0.249 e. The van der Waals surface area contributed by atoms with Gasteiger partial charge in [0.2, 0.25) is 23.7 Å². The lowest BCUT2D eigenvalue weighted by Gasteiger charge is -2.27. The molecule has 10 rings (SSSR count). The molecule has 2 aromatic carbocycles. The average molecular weight is 839 g/mol. The summed E-state index contributed by atoms with van der Waals surface area (Å²) in [5.41, 5.74) is 1.28. The molecule has 6 heterocycles. The van der Waals surface area contributed by atoms with Crippen molar-refractivity contribution in [3.8, 4) is 0 Å². The van der Waals surface area contributed by atoms with E-state index in [2.05, 4.69) is 20.6 Å². The van der Waals surface area contributed by atoms with Crippen LogP contribution in [0.4, 0.5) is 28.9 Å². The summed E-state index contributed by atoms with van der Waals surface area (Å²) in [4.78, 5) is 32.8. The van der Waals surface area contributed by atoms with Gasteiger partial charge < -0.3 is 20.1 Å². The smallest absolute Gasteiger partial charge is 0.249 e. The Morgan fingerprint density at radius 2 is 0.964 bits per heavy atom. The first-order valence-corrected chi connectivity index (χ1v) is 18.8. The van der Waals surface area contributed by atoms with E-state index in [0.29, 0.717) is 55.1 Å². The topological polar surface area (TPSA) is 102 Å². The van der Waals surface area contributed by atoms with Gasteiger partial charge in [-0.05, 0) is 85.0 Å². The van der Waals surface area contributed by atoms with Crippen molar-refractivity contribution < 1.29 is 36.6 Å². The van der Waals surface area contributed by atoms with Crippen LogP contribution in [0.25, 0.3) is 0 Å². The largest absolute Gasteiger partial charge is 0.373 e. The van der Waals surface area contributed by atoms with Crippen LogP contribution in [-0.4, -0.2) is 46.2 Å². The van der Waals surface area contributed by atoms with Crippen molar-refractivity contribution >= 4 is 69.6 Å². The number of benzene rings is 2. The van der Waals surface area contributed by atoms with Crippen molar-refractivity contribution in [2.24, 2.45) is 35.5 Å². The normalized spacial score (nSPS) is 32.4. The maximum atomic E-state index is 14.4. The molecule has 2 aromatic heterocycles. The highest BCUT2D eigenvalue weighted by molar-refractivity contribution is 6.42. The lowest BCUT2D eigenvalue weighted by Crippen LogP contribution is -2.37. The SMILES string of the molecule is C.O=C(Nc1ccc(Cl)c(Cl)c1)[C@@H]1[C@@H]2O[C@@H]([C@H]3C[C@H]32)[C@@H]1c1ccnc(F)c1F.O=C(Nc1ccc(Cl)c(Cl)c1)[C@H]1[C@H]2O[C@H]([C@@H]3C[C@@H]32)[C@H]1c1ccnc(F)c1F. The number of hydrogen-bond acceptors (Lipinski definition) is 6. The van der Waals surface area contributed by atoms with Gasteiger partial charge >= 0.3 is 0 Å². The molecule has 2 aliphatic carbocycles. The van der Waals surface area contributed by atoms with Gasteiger partial charge in [-0.1, -0.05) is 53.8 Å². The number of anilines is 2. The summed E-state index contributed by atoms with van der Waals surface area (Å²) in [5, 5.41) is 7.03. The number of nitrogens with zero attached hydrogens (tertiary/aromatic N) is 2. The molecule has 4 bridgehead atoms. The summed E-state index contributed by atoms with van der Waals surface area (Å²) in [7, 11) is 0.